The summed E-state index contributed by atoms with van der Waals surface area (Å²) in [6, 6.07) is 8.96. The molecule has 1 aromatic carbocycles. The zero-order chi connectivity index (χ0) is 16.2. The molecular weight excluding hydrogens is 276 g/mol. The molecule has 1 unspecified atom stereocenters. The minimum Gasteiger partial charge on any atom is -0.623 e. The standard InChI is InChI=1S/C18H24N2O2/c1-4-5-7-12-16-18(2,3)13-15(20(16)22)17(19-21)14-10-8-6-9-11-14/h4,6,8-11,15,21H,1,5,7,12-13H2,2-3H3/b19-17+. The average molecular weight is 300 g/mol. The summed E-state index contributed by atoms with van der Waals surface area (Å²) in [5, 5.41) is 25.6. The van der Waals surface area contributed by atoms with Crippen molar-refractivity contribution in [3.63, 3.8) is 0 Å². The predicted octanol–water partition coefficient (Wildman–Crippen LogP) is 3.97. The van der Waals surface area contributed by atoms with Crippen molar-refractivity contribution in [2.45, 2.75) is 45.6 Å². The van der Waals surface area contributed by atoms with Crippen LogP contribution in [0.4, 0.5) is 0 Å². The third-order valence-corrected chi connectivity index (χ3v) is 4.35. The van der Waals surface area contributed by atoms with E-state index in [-0.39, 0.29) is 5.41 Å². The lowest BCUT2D eigenvalue weighted by Gasteiger charge is -2.15. The quantitative estimate of drug-likeness (QED) is 0.164. The van der Waals surface area contributed by atoms with Gasteiger partial charge in [0.1, 0.15) is 0 Å². The Bertz CT molecular complexity index is 588. The van der Waals surface area contributed by atoms with Gasteiger partial charge in [-0.3, -0.25) is 0 Å². The number of hydrogen-bond donors (Lipinski definition) is 1. The van der Waals surface area contributed by atoms with Crippen molar-refractivity contribution in [1.82, 2.24) is 0 Å². The van der Waals surface area contributed by atoms with E-state index in [0.717, 1.165) is 35.3 Å². The third-order valence-electron chi connectivity index (χ3n) is 4.35. The fourth-order valence-electron chi connectivity index (χ4n) is 3.17. The molecule has 0 spiro atoms. The zero-order valence-corrected chi connectivity index (χ0v) is 13.3. The first-order valence-electron chi connectivity index (χ1n) is 7.72. The summed E-state index contributed by atoms with van der Waals surface area (Å²) in [6.07, 6.45) is 5.11. The van der Waals surface area contributed by atoms with E-state index in [1.165, 1.54) is 0 Å². The molecule has 0 saturated heterocycles. The van der Waals surface area contributed by atoms with Gasteiger partial charge < -0.3 is 10.4 Å². The number of allylic oxidation sites excluding steroid dienone is 1. The van der Waals surface area contributed by atoms with Crippen LogP contribution >= 0.6 is 0 Å². The number of nitrogens with zero attached hydrogens (tertiary/aromatic N) is 2. The Labute approximate surface area is 132 Å². The highest BCUT2D eigenvalue weighted by Gasteiger charge is 2.46. The number of oxime groups is 1. The van der Waals surface area contributed by atoms with Crippen LogP contribution in [0.25, 0.3) is 0 Å². The summed E-state index contributed by atoms with van der Waals surface area (Å²) in [5.41, 5.74) is 1.94. The van der Waals surface area contributed by atoms with Crippen molar-refractivity contribution in [1.29, 1.82) is 0 Å². The molecule has 4 nitrogen and oxygen atoms in total. The zero-order valence-electron chi connectivity index (χ0n) is 13.3. The average Bonchev–Trinajstić information content (AvgIpc) is 2.73. The molecule has 1 N–H and O–H groups in total. The molecule has 22 heavy (non-hydrogen) atoms. The summed E-state index contributed by atoms with van der Waals surface area (Å²) in [4.78, 5) is 0. The van der Waals surface area contributed by atoms with E-state index in [0.29, 0.717) is 12.1 Å². The molecule has 0 amide bonds. The van der Waals surface area contributed by atoms with Crippen LogP contribution in [-0.2, 0) is 0 Å². The normalized spacial score (nSPS) is 21.2. The van der Waals surface area contributed by atoms with Crippen LogP contribution in [0.5, 0.6) is 0 Å². The summed E-state index contributed by atoms with van der Waals surface area (Å²) in [6.45, 7) is 7.89. The minimum absolute atomic E-state index is 0.182. The second-order valence-electron chi connectivity index (χ2n) is 6.41. The molecular formula is C18H24N2O2. The van der Waals surface area contributed by atoms with Crippen LogP contribution in [0, 0.1) is 10.6 Å². The van der Waals surface area contributed by atoms with Crippen LogP contribution in [0.1, 0.15) is 45.1 Å². The first-order chi connectivity index (χ1) is 10.5. The Morgan fingerprint density at radius 3 is 2.73 bits per heavy atom. The molecule has 0 aromatic heterocycles. The number of hydroxylamine groups is 1. The maximum atomic E-state index is 12.8. The van der Waals surface area contributed by atoms with E-state index in [4.69, 9.17) is 0 Å². The van der Waals surface area contributed by atoms with Crippen molar-refractivity contribution in [3.8, 4) is 0 Å². The Balaban J connectivity index is 2.30. The van der Waals surface area contributed by atoms with Gasteiger partial charge in [0.25, 0.3) is 0 Å². The molecule has 1 aliphatic heterocycles. The summed E-state index contributed by atoms with van der Waals surface area (Å²) >= 11 is 0. The Hall–Kier alpha value is -2.10. The molecule has 1 aromatic rings. The second kappa shape index (κ2) is 6.77. The monoisotopic (exact) mass is 300 g/mol. The molecule has 2 rings (SSSR count). The first-order valence-corrected chi connectivity index (χ1v) is 7.72. The van der Waals surface area contributed by atoms with Gasteiger partial charge in [-0.1, -0.05) is 55.4 Å². The van der Waals surface area contributed by atoms with Gasteiger partial charge in [-0.05, 0) is 12.8 Å². The molecule has 1 heterocycles. The summed E-state index contributed by atoms with van der Waals surface area (Å²) < 4.78 is 1.06. The van der Waals surface area contributed by atoms with Gasteiger partial charge in [0.15, 0.2) is 11.4 Å². The van der Waals surface area contributed by atoms with Gasteiger partial charge in [0, 0.05) is 18.4 Å². The molecule has 1 aliphatic rings. The Morgan fingerprint density at radius 2 is 2.14 bits per heavy atom. The lowest BCUT2D eigenvalue weighted by atomic mass is 9.81. The summed E-state index contributed by atoms with van der Waals surface area (Å²) in [5.74, 6) is 0. The molecule has 4 heteroatoms. The van der Waals surface area contributed by atoms with E-state index in [9.17, 15) is 10.4 Å². The van der Waals surface area contributed by atoms with Gasteiger partial charge in [0.05, 0.1) is 5.41 Å². The minimum atomic E-state index is -0.430. The largest absolute Gasteiger partial charge is 0.623 e. The molecule has 118 valence electrons. The highest BCUT2D eigenvalue weighted by molar-refractivity contribution is 6.05. The maximum absolute atomic E-state index is 12.8. The third kappa shape index (κ3) is 3.21. The van der Waals surface area contributed by atoms with Gasteiger partial charge in [-0.25, -0.2) is 4.74 Å². The fraction of sp³-hybridized carbons (Fsp3) is 0.444. The topological polar surface area (TPSA) is 58.7 Å². The van der Waals surface area contributed by atoms with Crippen LogP contribution in [0.15, 0.2) is 48.1 Å². The maximum Gasteiger partial charge on any atom is 0.210 e. The number of hydrogen-bond acceptors (Lipinski definition) is 3. The smallest absolute Gasteiger partial charge is 0.210 e. The van der Waals surface area contributed by atoms with E-state index >= 15 is 0 Å². The summed E-state index contributed by atoms with van der Waals surface area (Å²) in [7, 11) is 0. The van der Waals surface area contributed by atoms with Crippen LogP contribution in [-0.4, -0.2) is 27.4 Å². The van der Waals surface area contributed by atoms with Crippen molar-refractivity contribution < 1.29 is 9.95 Å². The molecule has 1 atom stereocenters. The van der Waals surface area contributed by atoms with E-state index < -0.39 is 6.04 Å². The van der Waals surface area contributed by atoms with E-state index in [1.54, 1.807) is 0 Å². The number of benzene rings is 1. The van der Waals surface area contributed by atoms with Crippen LogP contribution < -0.4 is 0 Å². The van der Waals surface area contributed by atoms with Crippen LogP contribution in [0.2, 0.25) is 0 Å². The number of rotatable bonds is 6. The first kappa shape index (κ1) is 16.3. The molecule has 0 aliphatic carbocycles. The Kier molecular flexibility index (Phi) is 5.01. The lowest BCUT2D eigenvalue weighted by Crippen LogP contribution is -2.29. The van der Waals surface area contributed by atoms with Crippen molar-refractivity contribution in [2.24, 2.45) is 10.6 Å². The molecule has 0 fully saturated rings. The van der Waals surface area contributed by atoms with Crippen molar-refractivity contribution >= 4 is 11.4 Å². The van der Waals surface area contributed by atoms with Crippen molar-refractivity contribution in [3.05, 3.63) is 53.8 Å². The molecule has 0 radical (unpaired) electrons. The highest BCUT2D eigenvalue weighted by Crippen LogP contribution is 2.35. The lowest BCUT2D eigenvalue weighted by molar-refractivity contribution is -0.473. The van der Waals surface area contributed by atoms with Gasteiger partial charge in [0.2, 0.25) is 6.04 Å². The van der Waals surface area contributed by atoms with E-state index in [1.807, 2.05) is 36.4 Å². The van der Waals surface area contributed by atoms with Gasteiger partial charge in [-0.2, -0.15) is 0 Å². The number of unbranched alkanes of at least 4 members (excludes halogenated alkanes) is 1. The molecule has 0 saturated carbocycles. The molecule has 0 bridgehead atoms. The van der Waals surface area contributed by atoms with Crippen molar-refractivity contribution in [2.75, 3.05) is 0 Å². The van der Waals surface area contributed by atoms with Crippen LogP contribution in [0.3, 0.4) is 0 Å². The fourth-order valence-corrected chi connectivity index (χ4v) is 3.17. The van der Waals surface area contributed by atoms with Gasteiger partial charge in [-0.15, -0.1) is 6.58 Å². The second-order valence-corrected chi connectivity index (χ2v) is 6.41. The van der Waals surface area contributed by atoms with Gasteiger partial charge >= 0.3 is 0 Å². The Morgan fingerprint density at radius 1 is 1.45 bits per heavy atom. The SMILES string of the molecule is C=CCCCC1=[N+]([O-])C(/C(=N/O)c2ccccc2)CC1(C)C. The van der Waals surface area contributed by atoms with E-state index in [2.05, 4.69) is 25.6 Å². The predicted molar refractivity (Wildman–Crippen MR) is 89.6 cm³/mol. The highest BCUT2D eigenvalue weighted by atomic mass is 16.5.